The summed E-state index contributed by atoms with van der Waals surface area (Å²) in [5.74, 6) is 0.374. The first kappa shape index (κ1) is 12.0. The molecule has 1 aromatic rings. The van der Waals surface area contributed by atoms with Crippen molar-refractivity contribution in [2.24, 2.45) is 5.92 Å². The lowest BCUT2D eigenvalue weighted by molar-refractivity contribution is -0.141. The smallest absolute Gasteiger partial charge is 0.306 e. The van der Waals surface area contributed by atoms with Gasteiger partial charge in [0.15, 0.2) is 5.82 Å². The molecule has 2 rings (SSSR count). The predicted octanol–water partition coefficient (Wildman–Crippen LogP) is 1.10. The van der Waals surface area contributed by atoms with Crippen LogP contribution >= 0.6 is 0 Å². The van der Waals surface area contributed by atoms with Crippen molar-refractivity contribution in [3.63, 3.8) is 0 Å². The summed E-state index contributed by atoms with van der Waals surface area (Å²) in [6, 6.07) is 0. The minimum absolute atomic E-state index is 0.111. The average molecular weight is 239 g/mol. The second-order valence-electron chi connectivity index (χ2n) is 4.83. The summed E-state index contributed by atoms with van der Waals surface area (Å²) in [5, 5.41) is 12.8. The van der Waals surface area contributed by atoms with Gasteiger partial charge in [-0.05, 0) is 33.4 Å². The molecule has 1 fully saturated rings. The lowest BCUT2D eigenvalue weighted by Gasteiger charge is -2.04. The maximum atomic E-state index is 10.9. The van der Waals surface area contributed by atoms with E-state index in [-0.39, 0.29) is 11.8 Å². The molecule has 6 heteroatoms. The quantitative estimate of drug-likeness (QED) is 0.847. The second-order valence-corrected chi connectivity index (χ2v) is 4.83. The summed E-state index contributed by atoms with van der Waals surface area (Å²) in [4.78, 5) is 17.1. The number of hydrogen-bond donors (Lipinski definition) is 1. The van der Waals surface area contributed by atoms with Crippen LogP contribution in [0.4, 0.5) is 0 Å². The fourth-order valence-corrected chi connectivity index (χ4v) is 2.21. The lowest BCUT2D eigenvalue weighted by Crippen LogP contribution is -2.12. The van der Waals surface area contributed by atoms with Crippen LogP contribution in [0.1, 0.15) is 36.9 Å². The van der Waals surface area contributed by atoms with Crippen molar-refractivity contribution in [2.75, 3.05) is 14.1 Å². The van der Waals surface area contributed by atoms with Gasteiger partial charge in [-0.1, -0.05) is 5.16 Å². The van der Waals surface area contributed by atoms with Crippen molar-refractivity contribution in [3.8, 4) is 0 Å². The molecule has 1 saturated carbocycles. The van der Waals surface area contributed by atoms with Gasteiger partial charge < -0.3 is 14.5 Å². The van der Waals surface area contributed by atoms with Gasteiger partial charge in [-0.15, -0.1) is 0 Å². The molecule has 0 aromatic carbocycles. The summed E-state index contributed by atoms with van der Waals surface area (Å²) >= 11 is 0. The van der Waals surface area contributed by atoms with Crippen molar-refractivity contribution in [1.82, 2.24) is 15.0 Å². The Morgan fingerprint density at radius 1 is 1.53 bits per heavy atom. The van der Waals surface area contributed by atoms with E-state index < -0.39 is 5.97 Å². The van der Waals surface area contributed by atoms with E-state index in [4.69, 9.17) is 9.63 Å². The third kappa shape index (κ3) is 2.82. The summed E-state index contributed by atoms with van der Waals surface area (Å²) in [6.45, 7) is 0.637. The Morgan fingerprint density at radius 2 is 2.29 bits per heavy atom. The largest absolute Gasteiger partial charge is 0.481 e. The summed E-state index contributed by atoms with van der Waals surface area (Å²) in [5.41, 5.74) is 0. The third-order valence-corrected chi connectivity index (χ3v) is 3.07. The fourth-order valence-electron chi connectivity index (χ4n) is 2.21. The standard InChI is InChI=1S/C11H17N3O3/c1-14(2)6-9-12-10(17-13-9)7-3-4-8(5-7)11(15)16/h7-8H,3-6H2,1-2H3,(H,15,16). The molecule has 0 saturated heterocycles. The highest BCUT2D eigenvalue weighted by atomic mass is 16.5. The fraction of sp³-hybridized carbons (Fsp3) is 0.727. The maximum absolute atomic E-state index is 10.9. The normalized spacial score (nSPS) is 24.4. The summed E-state index contributed by atoms with van der Waals surface area (Å²) in [6.07, 6.45) is 2.13. The predicted molar refractivity (Wildman–Crippen MR) is 59.4 cm³/mol. The molecule has 94 valence electrons. The Hall–Kier alpha value is -1.43. The molecule has 1 aromatic heterocycles. The molecule has 1 aliphatic rings. The van der Waals surface area contributed by atoms with Crippen LogP contribution in [0.25, 0.3) is 0 Å². The summed E-state index contributed by atoms with van der Waals surface area (Å²) < 4.78 is 5.20. The van der Waals surface area contributed by atoms with E-state index >= 15 is 0 Å². The van der Waals surface area contributed by atoms with Crippen LogP contribution in [0, 0.1) is 5.92 Å². The van der Waals surface area contributed by atoms with E-state index in [1.54, 1.807) is 0 Å². The Bertz CT molecular complexity index is 402. The van der Waals surface area contributed by atoms with Crippen molar-refractivity contribution in [2.45, 2.75) is 31.7 Å². The molecule has 6 nitrogen and oxygen atoms in total. The van der Waals surface area contributed by atoms with Crippen LogP contribution < -0.4 is 0 Å². The third-order valence-electron chi connectivity index (χ3n) is 3.07. The number of nitrogens with zero attached hydrogens (tertiary/aromatic N) is 3. The first-order chi connectivity index (χ1) is 8.06. The van der Waals surface area contributed by atoms with Gasteiger partial charge in [0.25, 0.3) is 0 Å². The van der Waals surface area contributed by atoms with Crippen LogP contribution in [0.3, 0.4) is 0 Å². The number of hydrogen-bond acceptors (Lipinski definition) is 5. The number of carboxylic acids is 1. The van der Waals surface area contributed by atoms with Gasteiger partial charge in [0, 0.05) is 5.92 Å². The number of carboxylic acid groups (broad SMARTS) is 1. The highest BCUT2D eigenvalue weighted by Gasteiger charge is 2.33. The number of aliphatic carboxylic acids is 1. The highest BCUT2D eigenvalue weighted by Crippen LogP contribution is 2.37. The molecule has 0 amide bonds. The van der Waals surface area contributed by atoms with Gasteiger partial charge in [0.2, 0.25) is 5.89 Å². The van der Waals surface area contributed by atoms with Crippen LogP contribution in [-0.4, -0.2) is 40.2 Å². The zero-order valence-electron chi connectivity index (χ0n) is 10.1. The van der Waals surface area contributed by atoms with E-state index in [1.807, 2.05) is 19.0 Å². The van der Waals surface area contributed by atoms with E-state index in [1.165, 1.54) is 0 Å². The lowest BCUT2D eigenvalue weighted by atomic mass is 10.1. The van der Waals surface area contributed by atoms with Gasteiger partial charge in [0.05, 0.1) is 12.5 Å². The molecule has 1 N–H and O–H groups in total. The van der Waals surface area contributed by atoms with Gasteiger partial charge >= 0.3 is 5.97 Å². The molecule has 17 heavy (non-hydrogen) atoms. The number of aromatic nitrogens is 2. The SMILES string of the molecule is CN(C)Cc1noc(C2CCC(C(=O)O)C2)n1. The molecule has 2 unspecified atom stereocenters. The highest BCUT2D eigenvalue weighted by molar-refractivity contribution is 5.70. The first-order valence-electron chi connectivity index (χ1n) is 5.76. The molecule has 0 spiro atoms. The Morgan fingerprint density at radius 3 is 2.88 bits per heavy atom. The molecule has 2 atom stereocenters. The topological polar surface area (TPSA) is 79.5 Å². The van der Waals surface area contributed by atoms with Crippen molar-refractivity contribution >= 4 is 5.97 Å². The van der Waals surface area contributed by atoms with Crippen LogP contribution in [-0.2, 0) is 11.3 Å². The van der Waals surface area contributed by atoms with Crippen LogP contribution in [0.5, 0.6) is 0 Å². The van der Waals surface area contributed by atoms with Crippen LogP contribution in [0.15, 0.2) is 4.52 Å². The monoisotopic (exact) mass is 239 g/mol. The minimum Gasteiger partial charge on any atom is -0.481 e. The number of rotatable bonds is 4. The number of carbonyl (C=O) groups is 1. The molecular formula is C11H17N3O3. The van der Waals surface area contributed by atoms with Crippen LogP contribution in [0.2, 0.25) is 0 Å². The molecule has 1 heterocycles. The van der Waals surface area contributed by atoms with Crippen molar-refractivity contribution < 1.29 is 14.4 Å². The van der Waals surface area contributed by atoms with Gasteiger partial charge in [-0.2, -0.15) is 4.98 Å². The van der Waals surface area contributed by atoms with Gasteiger partial charge in [-0.25, -0.2) is 0 Å². The van der Waals surface area contributed by atoms with Crippen molar-refractivity contribution in [1.29, 1.82) is 0 Å². The molecule has 0 aliphatic heterocycles. The zero-order valence-corrected chi connectivity index (χ0v) is 10.1. The van der Waals surface area contributed by atoms with E-state index in [9.17, 15) is 4.79 Å². The van der Waals surface area contributed by atoms with E-state index in [0.29, 0.717) is 31.1 Å². The molecule has 1 aliphatic carbocycles. The van der Waals surface area contributed by atoms with E-state index in [0.717, 1.165) is 6.42 Å². The van der Waals surface area contributed by atoms with Gasteiger partial charge in [0.1, 0.15) is 0 Å². The Labute approximate surface area is 99.6 Å². The summed E-state index contributed by atoms with van der Waals surface area (Å²) in [7, 11) is 3.87. The average Bonchev–Trinajstić information content (AvgIpc) is 2.83. The van der Waals surface area contributed by atoms with Crippen molar-refractivity contribution in [3.05, 3.63) is 11.7 Å². The first-order valence-corrected chi connectivity index (χ1v) is 5.76. The molecular weight excluding hydrogens is 222 g/mol. The Balaban J connectivity index is 1.99. The second kappa shape index (κ2) is 4.83. The van der Waals surface area contributed by atoms with E-state index in [2.05, 4.69) is 10.1 Å². The minimum atomic E-state index is -0.722. The zero-order chi connectivity index (χ0) is 12.4. The maximum Gasteiger partial charge on any atom is 0.306 e. The molecule has 0 radical (unpaired) electrons. The van der Waals surface area contributed by atoms with Gasteiger partial charge in [-0.3, -0.25) is 4.79 Å². The molecule has 0 bridgehead atoms. The Kier molecular flexibility index (Phi) is 3.42.